The Labute approximate surface area is 75.2 Å². The molecule has 2 nitrogen and oxygen atoms in total. The van der Waals surface area contributed by atoms with Crippen molar-refractivity contribution in [2.75, 3.05) is 0 Å². The van der Waals surface area contributed by atoms with Crippen LogP contribution in [0.2, 0.25) is 0 Å². The Morgan fingerprint density at radius 1 is 1.36 bits per heavy atom. The van der Waals surface area contributed by atoms with Crippen LogP contribution in [0.25, 0.3) is 11.0 Å². The van der Waals surface area contributed by atoms with Crippen LogP contribution >= 0.6 is 11.7 Å². The summed E-state index contributed by atoms with van der Waals surface area (Å²) in [5, 5.41) is 0. The molecule has 2 aromatic rings. The topological polar surface area (TPSA) is 16.8 Å². The largest absolute Gasteiger partial charge is 1.00 e. The SMILES string of the molecule is C[n+]1snc2ccccc21.[Cl-]. The Morgan fingerprint density at radius 3 is 2.82 bits per heavy atom. The predicted molar refractivity (Wildman–Crippen MR) is 40.8 cm³/mol. The highest BCUT2D eigenvalue weighted by Gasteiger charge is 2.06. The van der Waals surface area contributed by atoms with Gasteiger partial charge < -0.3 is 12.4 Å². The highest BCUT2D eigenvalue weighted by molar-refractivity contribution is 6.95. The first kappa shape index (κ1) is 8.43. The van der Waals surface area contributed by atoms with Crippen LogP contribution < -0.4 is 16.4 Å². The van der Waals surface area contributed by atoms with Crippen molar-refractivity contribution in [3.05, 3.63) is 24.3 Å². The van der Waals surface area contributed by atoms with Gasteiger partial charge in [0.2, 0.25) is 5.52 Å². The van der Waals surface area contributed by atoms with E-state index in [1.165, 1.54) is 17.2 Å². The predicted octanol–water partition coefficient (Wildman–Crippen LogP) is -1.88. The van der Waals surface area contributed by atoms with Gasteiger partial charge in [-0.3, -0.25) is 0 Å². The molecule has 4 heteroatoms. The first-order valence-electron chi connectivity index (χ1n) is 3.09. The third-order valence-corrected chi connectivity index (χ3v) is 2.20. The number of para-hydroxylation sites is 1. The van der Waals surface area contributed by atoms with Crippen LogP contribution in [-0.4, -0.2) is 4.37 Å². The second kappa shape index (κ2) is 3.15. The minimum absolute atomic E-state index is 0. The van der Waals surface area contributed by atoms with E-state index in [4.69, 9.17) is 0 Å². The van der Waals surface area contributed by atoms with Gasteiger partial charge >= 0.3 is 0 Å². The summed E-state index contributed by atoms with van der Waals surface area (Å²) in [5.74, 6) is 0. The minimum atomic E-state index is 0. The zero-order valence-corrected chi connectivity index (χ0v) is 7.56. The van der Waals surface area contributed by atoms with Gasteiger partial charge in [-0.1, -0.05) is 12.1 Å². The molecule has 0 bridgehead atoms. The smallest absolute Gasteiger partial charge is 0.277 e. The molecule has 1 heterocycles. The molecule has 1 aromatic heterocycles. The fourth-order valence-corrected chi connectivity index (χ4v) is 1.56. The highest BCUT2D eigenvalue weighted by atomic mass is 35.5. The third kappa shape index (κ3) is 1.34. The standard InChI is InChI=1S/C7H7N2S.ClH/c1-9-7-5-3-2-4-6(7)8-10-9;/h2-5H,1H3;1H/q+1;/p-1. The summed E-state index contributed by atoms with van der Waals surface area (Å²) in [6.07, 6.45) is 0. The molecule has 0 saturated carbocycles. The molecule has 0 aliphatic rings. The van der Waals surface area contributed by atoms with Gasteiger partial charge in [0.1, 0.15) is 0 Å². The quantitative estimate of drug-likeness (QED) is 0.441. The lowest BCUT2D eigenvalue weighted by Crippen LogP contribution is -3.00. The van der Waals surface area contributed by atoms with Gasteiger partial charge in [0.25, 0.3) is 11.7 Å². The van der Waals surface area contributed by atoms with E-state index in [1.54, 1.807) is 0 Å². The summed E-state index contributed by atoms with van der Waals surface area (Å²) in [5.41, 5.74) is 2.28. The zero-order valence-electron chi connectivity index (χ0n) is 5.99. The lowest BCUT2D eigenvalue weighted by molar-refractivity contribution is -0.573. The monoisotopic (exact) mass is 186 g/mol. The van der Waals surface area contributed by atoms with Crippen LogP contribution in [0, 0.1) is 0 Å². The van der Waals surface area contributed by atoms with Crippen molar-refractivity contribution < 1.29 is 16.4 Å². The van der Waals surface area contributed by atoms with E-state index in [-0.39, 0.29) is 12.4 Å². The van der Waals surface area contributed by atoms with Crippen molar-refractivity contribution in [1.29, 1.82) is 0 Å². The highest BCUT2D eigenvalue weighted by Crippen LogP contribution is 2.06. The van der Waals surface area contributed by atoms with E-state index in [0.29, 0.717) is 0 Å². The van der Waals surface area contributed by atoms with Crippen molar-refractivity contribution in [3.63, 3.8) is 0 Å². The molecule has 0 radical (unpaired) electrons. The normalized spacial score (nSPS) is 9.55. The molecular weight excluding hydrogens is 180 g/mol. The van der Waals surface area contributed by atoms with Gasteiger partial charge in [-0.15, -0.1) is 0 Å². The van der Waals surface area contributed by atoms with Crippen LogP contribution in [0.5, 0.6) is 0 Å². The van der Waals surface area contributed by atoms with Crippen LogP contribution in [0.15, 0.2) is 24.3 Å². The maximum atomic E-state index is 4.22. The van der Waals surface area contributed by atoms with Crippen molar-refractivity contribution in [1.82, 2.24) is 4.37 Å². The Bertz CT molecular complexity index is 358. The van der Waals surface area contributed by atoms with E-state index in [0.717, 1.165) is 5.52 Å². The molecule has 0 atom stereocenters. The number of nitrogens with zero attached hydrogens (tertiary/aromatic N) is 2. The second-order valence-corrected chi connectivity index (χ2v) is 3.05. The number of rotatable bonds is 0. The molecule has 11 heavy (non-hydrogen) atoms. The summed E-state index contributed by atoms with van der Waals surface area (Å²) < 4.78 is 6.27. The summed E-state index contributed by atoms with van der Waals surface area (Å²) in [6, 6.07) is 8.11. The number of aromatic nitrogens is 2. The van der Waals surface area contributed by atoms with E-state index in [1.807, 2.05) is 25.2 Å². The molecule has 0 aliphatic heterocycles. The van der Waals surface area contributed by atoms with Crippen LogP contribution in [0.3, 0.4) is 0 Å². The van der Waals surface area contributed by atoms with Crippen molar-refractivity contribution in [2.24, 2.45) is 7.05 Å². The van der Waals surface area contributed by atoms with Gasteiger partial charge in [-0.05, 0) is 12.1 Å². The Balaban J connectivity index is 0.000000605. The number of aryl methyl sites for hydroxylation is 1. The van der Waals surface area contributed by atoms with E-state index >= 15 is 0 Å². The lowest BCUT2D eigenvalue weighted by atomic mass is 10.3. The molecule has 0 fully saturated rings. The fraction of sp³-hybridized carbons (Fsp3) is 0.143. The molecule has 0 spiro atoms. The van der Waals surface area contributed by atoms with Gasteiger partial charge in [-0.2, -0.15) is 3.96 Å². The number of halogens is 1. The van der Waals surface area contributed by atoms with Gasteiger partial charge in [0, 0.05) is 4.37 Å². The van der Waals surface area contributed by atoms with Crippen LogP contribution in [0.4, 0.5) is 0 Å². The maximum absolute atomic E-state index is 4.22. The summed E-state index contributed by atoms with van der Waals surface area (Å²) in [6.45, 7) is 0. The second-order valence-electron chi connectivity index (χ2n) is 2.16. The van der Waals surface area contributed by atoms with Gasteiger partial charge in [0.15, 0.2) is 5.52 Å². The minimum Gasteiger partial charge on any atom is -1.00 e. The Hall–Kier alpha value is -0.670. The number of hydrogen-bond donors (Lipinski definition) is 0. The zero-order chi connectivity index (χ0) is 6.97. The fourth-order valence-electron chi connectivity index (χ4n) is 0.957. The van der Waals surface area contributed by atoms with Crippen LogP contribution in [-0.2, 0) is 7.05 Å². The molecule has 58 valence electrons. The average molecular weight is 187 g/mol. The molecule has 2 rings (SSSR count). The van der Waals surface area contributed by atoms with E-state index in [2.05, 4.69) is 14.4 Å². The molecule has 0 N–H and O–H groups in total. The third-order valence-electron chi connectivity index (χ3n) is 1.48. The molecule has 0 saturated heterocycles. The Morgan fingerprint density at radius 2 is 2.09 bits per heavy atom. The molecule has 0 amide bonds. The first-order valence-corrected chi connectivity index (χ1v) is 3.82. The molecule has 0 unspecified atom stereocenters. The van der Waals surface area contributed by atoms with Gasteiger partial charge in [0.05, 0.1) is 7.05 Å². The summed E-state index contributed by atoms with van der Waals surface area (Å²) >= 11 is 1.48. The number of benzene rings is 1. The maximum Gasteiger partial charge on any atom is 0.277 e. The van der Waals surface area contributed by atoms with Crippen LogP contribution in [0.1, 0.15) is 0 Å². The van der Waals surface area contributed by atoms with E-state index in [9.17, 15) is 0 Å². The number of hydrogen-bond acceptors (Lipinski definition) is 2. The van der Waals surface area contributed by atoms with Crippen molar-refractivity contribution >= 4 is 22.8 Å². The van der Waals surface area contributed by atoms with E-state index < -0.39 is 0 Å². The van der Waals surface area contributed by atoms with Crippen molar-refractivity contribution in [3.8, 4) is 0 Å². The molecule has 0 aliphatic carbocycles. The first-order chi connectivity index (χ1) is 4.88. The van der Waals surface area contributed by atoms with Gasteiger partial charge in [-0.25, -0.2) is 0 Å². The van der Waals surface area contributed by atoms with Crippen molar-refractivity contribution in [2.45, 2.75) is 0 Å². The Kier molecular flexibility index (Phi) is 2.42. The lowest BCUT2D eigenvalue weighted by Gasteiger charge is -1.79. The number of fused-ring (bicyclic) bond motifs is 1. The average Bonchev–Trinajstić information content (AvgIpc) is 2.34. The molecular formula is C7H7ClN2S. The summed E-state index contributed by atoms with van der Waals surface area (Å²) in [7, 11) is 2.01. The molecule has 1 aromatic carbocycles. The summed E-state index contributed by atoms with van der Waals surface area (Å²) in [4.78, 5) is 0.